The Morgan fingerprint density at radius 2 is 1.72 bits per heavy atom. The molecule has 2 amide bonds. The number of hydrogen-bond donors (Lipinski definition) is 3. The van der Waals surface area contributed by atoms with Crippen molar-refractivity contribution >= 4 is 17.5 Å². The first-order valence-electron chi connectivity index (χ1n) is 13.0. The van der Waals surface area contributed by atoms with Crippen LogP contribution in [0.5, 0.6) is 0 Å². The van der Waals surface area contributed by atoms with Gasteiger partial charge < -0.3 is 20.6 Å². The Morgan fingerprint density at radius 1 is 1.00 bits per heavy atom. The maximum Gasteiger partial charge on any atom is 0.227 e. The average Bonchev–Trinajstić information content (AvgIpc) is 3.29. The summed E-state index contributed by atoms with van der Waals surface area (Å²) in [5, 5.41) is 17.0. The van der Waals surface area contributed by atoms with Gasteiger partial charge in [-0.05, 0) is 53.8 Å². The lowest BCUT2D eigenvalue weighted by Gasteiger charge is -2.26. The summed E-state index contributed by atoms with van der Waals surface area (Å²) in [5.74, 6) is -3.76. The molecule has 0 radical (unpaired) electrons. The summed E-state index contributed by atoms with van der Waals surface area (Å²) in [4.78, 5) is 27.0. The van der Waals surface area contributed by atoms with Crippen LogP contribution in [0.25, 0.3) is 0 Å². The molecule has 3 atom stereocenters. The number of halogens is 3. The van der Waals surface area contributed by atoms with Gasteiger partial charge in [-0.3, -0.25) is 9.59 Å². The fourth-order valence-corrected chi connectivity index (χ4v) is 4.82. The maximum absolute atomic E-state index is 14.3. The van der Waals surface area contributed by atoms with Crippen molar-refractivity contribution in [1.82, 2.24) is 10.6 Å². The summed E-state index contributed by atoms with van der Waals surface area (Å²) in [5.41, 5.74) is 2.58. The molecular weight excluding hydrogens is 507 g/mol. The predicted octanol–water partition coefficient (Wildman–Crippen LogP) is 3.90. The van der Waals surface area contributed by atoms with Crippen molar-refractivity contribution in [2.75, 3.05) is 18.0 Å². The van der Waals surface area contributed by atoms with E-state index in [1.807, 2.05) is 18.2 Å². The zero-order chi connectivity index (χ0) is 27.9. The van der Waals surface area contributed by atoms with E-state index in [1.54, 1.807) is 6.07 Å². The predicted molar refractivity (Wildman–Crippen MR) is 142 cm³/mol. The number of benzene rings is 3. The Morgan fingerprint density at radius 3 is 2.44 bits per heavy atom. The molecule has 4 rings (SSSR count). The average molecular weight is 540 g/mol. The number of para-hydroxylation sites is 1. The van der Waals surface area contributed by atoms with E-state index in [0.717, 1.165) is 30.2 Å². The molecular formula is C30H32F3N3O3. The van der Waals surface area contributed by atoms with Crippen LogP contribution < -0.4 is 15.5 Å². The number of hydrogen-bond acceptors (Lipinski definition) is 4. The number of nitrogens with one attached hydrogen (secondary N) is 2. The molecule has 0 aliphatic carbocycles. The summed E-state index contributed by atoms with van der Waals surface area (Å²) in [6.07, 6.45) is -0.364. The van der Waals surface area contributed by atoms with Gasteiger partial charge in [-0.2, -0.15) is 0 Å². The largest absolute Gasteiger partial charge is 0.390 e. The summed E-state index contributed by atoms with van der Waals surface area (Å²) in [6, 6.07) is 16.0. The minimum Gasteiger partial charge on any atom is -0.390 e. The van der Waals surface area contributed by atoms with Crippen LogP contribution in [0.4, 0.5) is 18.9 Å². The monoisotopic (exact) mass is 539 g/mol. The van der Waals surface area contributed by atoms with E-state index < -0.39 is 41.4 Å². The molecule has 0 saturated carbocycles. The lowest BCUT2D eigenvalue weighted by Crippen LogP contribution is -2.50. The molecule has 1 aliphatic heterocycles. The van der Waals surface area contributed by atoms with Crippen LogP contribution in [0.2, 0.25) is 0 Å². The second-order valence-corrected chi connectivity index (χ2v) is 9.83. The molecule has 1 fully saturated rings. The first-order valence-corrected chi connectivity index (χ1v) is 13.0. The van der Waals surface area contributed by atoms with Crippen LogP contribution in [0.3, 0.4) is 0 Å². The lowest BCUT2D eigenvalue weighted by molar-refractivity contribution is -0.127. The van der Waals surface area contributed by atoms with E-state index in [2.05, 4.69) is 23.6 Å². The Hall–Kier alpha value is -3.69. The summed E-state index contributed by atoms with van der Waals surface area (Å²) in [7, 11) is 0. The highest BCUT2D eigenvalue weighted by molar-refractivity contribution is 6.00. The lowest BCUT2D eigenvalue weighted by atomic mass is 9.99. The van der Waals surface area contributed by atoms with E-state index in [9.17, 15) is 27.9 Å². The van der Waals surface area contributed by atoms with Gasteiger partial charge in [-0.25, -0.2) is 13.2 Å². The van der Waals surface area contributed by atoms with Gasteiger partial charge in [0, 0.05) is 32.1 Å². The molecule has 1 aliphatic rings. The first-order chi connectivity index (χ1) is 18.7. The number of rotatable bonds is 11. The topological polar surface area (TPSA) is 81.7 Å². The molecule has 9 heteroatoms. The van der Waals surface area contributed by atoms with Crippen LogP contribution in [-0.2, 0) is 29.0 Å². The number of carbonyl (C=O) groups is 2. The van der Waals surface area contributed by atoms with Crippen LogP contribution in [-0.4, -0.2) is 42.2 Å². The van der Waals surface area contributed by atoms with Gasteiger partial charge in [-0.1, -0.05) is 43.3 Å². The van der Waals surface area contributed by atoms with Crippen LogP contribution in [0.15, 0.2) is 66.7 Å². The second-order valence-electron chi connectivity index (χ2n) is 9.83. The van der Waals surface area contributed by atoms with Gasteiger partial charge >= 0.3 is 0 Å². The zero-order valence-corrected chi connectivity index (χ0v) is 21.7. The maximum atomic E-state index is 14.3. The SMILES string of the molecule is CCc1cccc(CNC[C@@H](O)[C@H](Cc2cc(F)cc(F)c2)NC(=O)C2CC(=O)N(c3ccccc3F)C2)c1. The number of aryl methyl sites for hydroxylation is 1. The molecule has 1 heterocycles. The van der Waals surface area contributed by atoms with Crippen LogP contribution in [0, 0.1) is 23.4 Å². The Labute approximate surface area is 225 Å². The third-order valence-corrected chi connectivity index (χ3v) is 6.89. The van der Waals surface area contributed by atoms with Gasteiger partial charge in [-0.15, -0.1) is 0 Å². The molecule has 0 bridgehead atoms. The third kappa shape index (κ3) is 7.46. The molecule has 3 aromatic carbocycles. The van der Waals surface area contributed by atoms with Crippen molar-refractivity contribution in [3.05, 3.63) is 101 Å². The minimum absolute atomic E-state index is 0.0188. The molecule has 39 heavy (non-hydrogen) atoms. The van der Waals surface area contributed by atoms with E-state index in [4.69, 9.17) is 0 Å². The van der Waals surface area contributed by atoms with Gasteiger partial charge in [0.25, 0.3) is 0 Å². The second kappa shape index (κ2) is 12.9. The Bertz CT molecular complexity index is 1300. The minimum atomic E-state index is -1.10. The van der Waals surface area contributed by atoms with Crippen molar-refractivity contribution < 1.29 is 27.9 Å². The standard InChI is InChI=1S/C30H32F3N3O3/c1-2-19-6-5-7-20(10-19)16-34-17-28(37)26(13-21-11-23(31)15-24(32)12-21)35-30(39)22-14-29(38)36(18-22)27-9-4-3-8-25(27)33/h3-12,15,22,26,28,34,37H,2,13-14,16-18H2,1H3,(H,35,39)/t22?,26-,28+/m0/s1. The van der Waals surface area contributed by atoms with E-state index in [1.165, 1.54) is 28.7 Å². The molecule has 206 valence electrons. The van der Waals surface area contributed by atoms with E-state index >= 15 is 0 Å². The molecule has 1 unspecified atom stereocenters. The first kappa shape index (κ1) is 28.3. The molecule has 0 aromatic heterocycles. The van der Waals surface area contributed by atoms with Crippen molar-refractivity contribution in [2.45, 2.75) is 44.9 Å². The number of carbonyl (C=O) groups excluding carboxylic acids is 2. The molecule has 6 nitrogen and oxygen atoms in total. The highest BCUT2D eigenvalue weighted by Gasteiger charge is 2.37. The molecule has 3 N–H and O–H groups in total. The van der Waals surface area contributed by atoms with Crippen molar-refractivity contribution in [1.29, 1.82) is 0 Å². The summed E-state index contributed by atoms with van der Waals surface area (Å²) < 4.78 is 41.9. The smallest absolute Gasteiger partial charge is 0.227 e. The fraction of sp³-hybridized carbons (Fsp3) is 0.333. The van der Waals surface area contributed by atoms with Crippen molar-refractivity contribution in [3.63, 3.8) is 0 Å². The highest BCUT2D eigenvalue weighted by atomic mass is 19.1. The van der Waals surface area contributed by atoms with Crippen molar-refractivity contribution in [2.24, 2.45) is 5.92 Å². The van der Waals surface area contributed by atoms with Gasteiger partial charge in [0.05, 0.1) is 23.8 Å². The zero-order valence-electron chi connectivity index (χ0n) is 21.7. The van der Waals surface area contributed by atoms with Gasteiger partial charge in [0.1, 0.15) is 17.5 Å². The number of amides is 2. The van der Waals surface area contributed by atoms with Gasteiger partial charge in [0.2, 0.25) is 11.8 Å². The number of aliphatic hydroxyl groups is 1. The number of aliphatic hydroxyl groups excluding tert-OH is 1. The number of anilines is 1. The molecule has 0 spiro atoms. The Kier molecular flexibility index (Phi) is 9.37. The quantitative estimate of drug-likeness (QED) is 0.345. The van der Waals surface area contributed by atoms with E-state index in [0.29, 0.717) is 6.54 Å². The highest BCUT2D eigenvalue weighted by Crippen LogP contribution is 2.27. The molecule has 3 aromatic rings. The number of nitrogens with zero attached hydrogens (tertiary/aromatic N) is 1. The fourth-order valence-electron chi connectivity index (χ4n) is 4.82. The van der Waals surface area contributed by atoms with Crippen LogP contribution >= 0.6 is 0 Å². The van der Waals surface area contributed by atoms with E-state index in [-0.39, 0.29) is 43.1 Å². The van der Waals surface area contributed by atoms with Gasteiger partial charge in [0.15, 0.2) is 0 Å². The van der Waals surface area contributed by atoms with Crippen LogP contribution in [0.1, 0.15) is 30.0 Å². The van der Waals surface area contributed by atoms with Crippen molar-refractivity contribution in [3.8, 4) is 0 Å². The Balaban J connectivity index is 1.44. The summed E-state index contributed by atoms with van der Waals surface area (Å²) in [6.45, 7) is 2.63. The normalized spacial score (nSPS) is 16.8. The summed E-state index contributed by atoms with van der Waals surface area (Å²) >= 11 is 0. The third-order valence-electron chi connectivity index (χ3n) is 6.89. The molecule has 1 saturated heterocycles.